The summed E-state index contributed by atoms with van der Waals surface area (Å²) >= 11 is 5.76. The fourth-order valence-electron chi connectivity index (χ4n) is 2.62. The molecule has 0 radical (unpaired) electrons. The predicted octanol–water partition coefficient (Wildman–Crippen LogP) is 4.26. The first-order chi connectivity index (χ1) is 14.9. The lowest BCUT2D eigenvalue weighted by molar-refractivity contribution is 0.0749. The molecular weight excluding hydrogens is 459 g/mol. The number of nitrogens with zero attached hydrogens (tertiary/aromatic N) is 4. The molecule has 0 fully saturated rings. The van der Waals surface area contributed by atoms with Crippen molar-refractivity contribution in [3.63, 3.8) is 0 Å². The van der Waals surface area contributed by atoms with Crippen molar-refractivity contribution in [3.8, 4) is 5.69 Å². The van der Waals surface area contributed by atoms with E-state index in [1.807, 2.05) is 20.8 Å². The number of amides is 1. The minimum absolute atomic E-state index is 0.0719. The van der Waals surface area contributed by atoms with Crippen LogP contribution in [0.25, 0.3) is 5.69 Å². The Morgan fingerprint density at radius 3 is 2.50 bits per heavy atom. The zero-order valence-electron chi connectivity index (χ0n) is 17.9. The number of hydrogen-bond acceptors (Lipinski definition) is 6. The maximum atomic E-state index is 14.5. The summed E-state index contributed by atoms with van der Waals surface area (Å²) in [6.45, 7) is 5.21. The Kier molecular flexibility index (Phi) is 6.56. The highest BCUT2D eigenvalue weighted by Gasteiger charge is 2.28. The van der Waals surface area contributed by atoms with Gasteiger partial charge in [0.15, 0.2) is 5.03 Å². The third-order valence-corrected chi connectivity index (χ3v) is 6.64. The maximum absolute atomic E-state index is 14.5. The number of hydrogen-bond donors (Lipinski definition) is 0. The molecule has 1 aromatic carbocycles. The van der Waals surface area contributed by atoms with Crippen molar-refractivity contribution in [3.05, 3.63) is 65.3 Å². The molecule has 3 rings (SSSR count). The normalized spacial score (nSPS) is 11.9. The molecule has 2 heterocycles. The Morgan fingerprint density at radius 2 is 1.91 bits per heavy atom. The van der Waals surface area contributed by atoms with Gasteiger partial charge in [-0.15, -0.1) is 0 Å². The highest BCUT2D eigenvalue weighted by atomic mass is 35.5. The van der Waals surface area contributed by atoms with Crippen molar-refractivity contribution in [1.29, 1.82) is 0 Å². The second kappa shape index (κ2) is 8.87. The molecule has 1 amide bonds. The van der Waals surface area contributed by atoms with Crippen LogP contribution >= 0.6 is 11.6 Å². The van der Waals surface area contributed by atoms with E-state index in [0.29, 0.717) is 0 Å². The van der Waals surface area contributed by atoms with E-state index >= 15 is 0 Å². The van der Waals surface area contributed by atoms with Crippen LogP contribution in [0.4, 0.5) is 9.18 Å². The van der Waals surface area contributed by atoms with E-state index in [4.69, 9.17) is 16.3 Å². The quantitative estimate of drug-likeness (QED) is 0.506. The van der Waals surface area contributed by atoms with Gasteiger partial charge in [-0.3, -0.25) is 0 Å². The van der Waals surface area contributed by atoms with Gasteiger partial charge in [-0.2, -0.15) is 5.10 Å². The molecule has 0 bridgehead atoms. The fourth-order valence-corrected chi connectivity index (χ4v) is 4.07. The van der Waals surface area contributed by atoms with Crippen molar-refractivity contribution in [2.24, 2.45) is 0 Å². The molecule has 0 atom stereocenters. The number of rotatable bonds is 5. The number of halogens is 2. The fraction of sp³-hybridized carbons (Fsp3) is 0.286. The Bertz CT molecular complexity index is 1240. The molecule has 0 aliphatic rings. The first-order valence-electron chi connectivity index (χ1n) is 9.52. The number of para-hydroxylation sites is 1. The van der Waals surface area contributed by atoms with Gasteiger partial charge in [-0.25, -0.2) is 27.3 Å². The van der Waals surface area contributed by atoms with Crippen LogP contribution in [-0.4, -0.2) is 46.8 Å². The Labute approximate surface area is 190 Å². The van der Waals surface area contributed by atoms with Crippen LogP contribution in [-0.2, 0) is 21.2 Å². The molecule has 2 aromatic heterocycles. The van der Waals surface area contributed by atoms with E-state index < -0.39 is 27.3 Å². The molecule has 0 saturated carbocycles. The first kappa shape index (κ1) is 23.7. The molecular formula is C21H22ClFN4O4S. The van der Waals surface area contributed by atoms with Crippen LogP contribution in [0.1, 0.15) is 26.5 Å². The Morgan fingerprint density at radius 1 is 1.22 bits per heavy atom. The van der Waals surface area contributed by atoms with Gasteiger partial charge in [-0.1, -0.05) is 23.7 Å². The summed E-state index contributed by atoms with van der Waals surface area (Å²) in [6.07, 6.45) is 0.498. The number of ether oxygens (including phenoxy) is 1. The summed E-state index contributed by atoms with van der Waals surface area (Å²) in [5, 5.41) is 4.02. The molecule has 170 valence electrons. The highest BCUT2D eigenvalue weighted by molar-refractivity contribution is 7.91. The summed E-state index contributed by atoms with van der Waals surface area (Å²) in [7, 11) is -2.56. The molecule has 32 heavy (non-hydrogen) atoms. The maximum Gasteiger partial charge on any atom is 0.410 e. The molecule has 0 saturated heterocycles. The van der Waals surface area contributed by atoms with E-state index in [1.165, 1.54) is 41.3 Å². The minimum atomic E-state index is -4.15. The van der Waals surface area contributed by atoms with Gasteiger partial charge in [0.05, 0.1) is 4.90 Å². The lowest BCUT2D eigenvalue weighted by Crippen LogP contribution is -2.42. The van der Waals surface area contributed by atoms with Gasteiger partial charge in [-0.05, 0) is 45.0 Å². The van der Waals surface area contributed by atoms with E-state index in [2.05, 4.69) is 10.1 Å². The van der Waals surface area contributed by atoms with Crippen molar-refractivity contribution in [2.45, 2.75) is 42.8 Å². The SMILES string of the molecule is CN(C(=O)OCc1cc(S(=O)(=O)c2ccc(Cl)nc2)n(-c2ccccc2F)n1)C(C)(C)C. The van der Waals surface area contributed by atoms with Crippen LogP contribution < -0.4 is 0 Å². The Hall–Kier alpha value is -2.98. The molecule has 11 heteroatoms. The number of aromatic nitrogens is 3. The number of pyridine rings is 1. The van der Waals surface area contributed by atoms with Gasteiger partial charge in [0.2, 0.25) is 9.84 Å². The van der Waals surface area contributed by atoms with Crippen molar-refractivity contribution in [2.75, 3.05) is 7.05 Å². The predicted molar refractivity (Wildman–Crippen MR) is 116 cm³/mol. The first-order valence-corrected chi connectivity index (χ1v) is 11.4. The number of carbonyl (C=O) groups is 1. The summed E-state index contributed by atoms with van der Waals surface area (Å²) in [5.41, 5.74) is -0.415. The average molecular weight is 481 g/mol. The van der Waals surface area contributed by atoms with Crippen LogP contribution in [0.2, 0.25) is 5.15 Å². The van der Waals surface area contributed by atoms with E-state index in [-0.39, 0.29) is 33.1 Å². The Balaban J connectivity index is 2.03. The van der Waals surface area contributed by atoms with E-state index in [1.54, 1.807) is 13.1 Å². The van der Waals surface area contributed by atoms with Gasteiger partial charge < -0.3 is 9.64 Å². The minimum Gasteiger partial charge on any atom is -0.443 e. The number of sulfone groups is 1. The number of carbonyl (C=O) groups excluding carboxylic acids is 1. The zero-order chi connectivity index (χ0) is 23.7. The van der Waals surface area contributed by atoms with Gasteiger partial charge >= 0.3 is 6.09 Å². The van der Waals surface area contributed by atoms with E-state index in [0.717, 1.165) is 10.9 Å². The lowest BCUT2D eigenvalue weighted by Gasteiger charge is -2.30. The van der Waals surface area contributed by atoms with Crippen LogP contribution in [0, 0.1) is 5.82 Å². The molecule has 0 N–H and O–H groups in total. The highest BCUT2D eigenvalue weighted by Crippen LogP contribution is 2.26. The van der Waals surface area contributed by atoms with Crippen molar-refractivity contribution in [1.82, 2.24) is 19.7 Å². The largest absolute Gasteiger partial charge is 0.443 e. The third kappa shape index (κ3) is 4.91. The summed E-state index contributed by atoms with van der Waals surface area (Å²) in [4.78, 5) is 17.4. The molecule has 3 aromatic rings. The number of benzene rings is 1. The topological polar surface area (TPSA) is 94.4 Å². The van der Waals surface area contributed by atoms with Gasteiger partial charge in [0, 0.05) is 24.8 Å². The molecule has 0 unspecified atom stereocenters. The van der Waals surface area contributed by atoms with Gasteiger partial charge in [0.1, 0.15) is 29.0 Å². The average Bonchev–Trinajstić information content (AvgIpc) is 3.16. The summed E-state index contributed by atoms with van der Waals surface area (Å²) in [6, 6.07) is 9.48. The van der Waals surface area contributed by atoms with Crippen molar-refractivity contribution < 1.29 is 22.3 Å². The molecule has 0 spiro atoms. The van der Waals surface area contributed by atoms with Gasteiger partial charge in [0.25, 0.3) is 0 Å². The molecule has 0 aliphatic carbocycles. The summed E-state index contributed by atoms with van der Waals surface area (Å²) < 4.78 is 47.2. The monoisotopic (exact) mass is 480 g/mol. The zero-order valence-corrected chi connectivity index (χ0v) is 19.5. The van der Waals surface area contributed by atoms with Crippen molar-refractivity contribution >= 4 is 27.5 Å². The summed E-state index contributed by atoms with van der Waals surface area (Å²) in [5.74, 6) is -0.669. The van der Waals surface area contributed by atoms with Crippen LogP contribution in [0.3, 0.4) is 0 Å². The lowest BCUT2D eigenvalue weighted by atomic mass is 10.1. The third-order valence-electron chi connectivity index (χ3n) is 4.72. The van der Waals surface area contributed by atoms with E-state index in [9.17, 15) is 17.6 Å². The second-order valence-electron chi connectivity index (χ2n) is 7.94. The van der Waals surface area contributed by atoms with Crippen LogP contribution in [0.5, 0.6) is 0 Å². The molecule has 0 aliphatic heterocycles. The second-order valence-corrected chi connectivity index (χ2v) is 10.2. The van der Waals surface area contributed by atoms with Crippen LogP contribution in [0.15, 0.2) is 58.6 Å². The molecule has 8 nitrogen and oxygen atoms in total. The smallest absolute Gasteiger partial charge is 0.410 e. The standard InChI is InChI=1S/C21H22ClFN4O4S/c1-21(2,3)26(4)20(28)31-13-14-11-19(27(25-14)17-8-6-5-7-16(17)23)32(29,30)15-9-10-18(22)24-12-15/h5-12H,13H2,1-4H3.